The first-order valence-corrected chi connectivity index (χ1v) is 34.2. The molecule has 34 heteroatoms. The molecule has 3 aromatic rings. The summed E-state index contributed by atoms with van der Waals surface area (Å²) in [6.45, 7) is 3.17. The molecule has 0 saturated carbocycles. The average Bonchev–Trinajstić information content (AvgIpc) is 1.64. The quantitative estimate of drug-likeness (QED) is 0.165. The van der Waals surface area contributed by atoms with E-state index in [2.05, 4.69) is 41.6 Å². The summed E-state index contributed by atoms with van der Waals surface area (Å²) in [6, 6.07) is -8.78. The molecule has 9 fully saturated rings. The van der Waals surface area contributed by atoms with Crippen molar-refractivity contribution in [1.29, 1.82) is 0 Å². The number of ketones is 1. The van der Waals surface area contributed by atoms with Crippen LogP contribution in [0.5, 0.6) is 0 Å². The largest absolute Gasteiger partial charge is 0.349 e. The van der Waals surface area contributed by atoms with E-state index in [1.54, 1.807) is 16.0 Å². The Labute approximate surface area is 553 Å². The van der Waals surface area contributed by atoms with E-state index in [9.17, 15) is 57.5 Å². The maximum Gasteiger partial charge on any atom is 0.246 e. The van der Waals surface area contributed by atoms with Gasteiger partial charge in [-0.3, -0.25) is 57.5 Å². The van der Waals surface area contributed by atoms with Crippen LogP contribution in [0, 0.1) is 5.92 Å². The molecule has 13 heterocycles. The predicted octanol–water partition coefficient (Wildman–Crippen LogP) is -4.35. The van der Waals surface area contributed by atoms with Crippen LogP contribution < -0.4 is 22.1 Å². The topological polar surface area (TPSA) is 402 Å². The van der Waals surface area contributed by atoms with Crippen LogP contribution >= 0.6 is 0 Å². The standard InChI is InChI=1S/C62H86N22O12/c1-36-22-48-60(94)79-19-6-12-46(79)58(92)77-17-3-9-43(77)55(89)65-25-40-32-75(72-68-40)35-54(88)84-29-38(64)24-50(84)62(96)81-21-7-13-47(81)59(93)78-18-4-10-44(78)56(90)66-26-41-31-74(71-69-41)34-53(87)83-28-37(63)23-49(83)61(95)80-20-5-11-45(80)57(91)76-16-2-8-42(76)51(85)15-14-39-30-73(70-67-39)33-52(86)82(48)27-36/h30-32,36-38,42-50H,2-29,33-35,63-64H2,1H3,(H,65,89)(H,66,90)/t36-,37-,38-,42+,43+,44+,45+,46+,47+,48+,49+,50+/m1/s1. The van der Waals surface area contributed by atoms with Crippen molar-refractivity contribution in [2.75, 3.05) is 58.9 Å². The van der Waals surface area contributed by atoms with E-state index in [0.29, 0.717) is 127 Å². The Morgan fingerprint density at radius 3 is 1.08 bits per heavy atom. The smallest absolute Gasteiger partial charge is 0.246 e. The van der Waals surface area contributed by atoms with E-state index in [4.69, 9.17) is 11.5 Å². The minimum atomic E-state index is -0.969. The molecule has 0 spiro atoms. The van der Waals surface area contributed by atoms with E-state index in [-0.39, 0.29) is 132 Å². The highest BCUT2D eigenvalue weighted by Gasteiger charge is 2.51. The fraction of sp³-hybridized carbons (Fsp3) is 0.710. The van der Waals surface area contributed by atoms with E-state index < -0.39 is 102 Å². The maximum atomic E-state index is 14.6. The minimum Gasteiger partial charge on any atom is -0.349 e. The van der Waals surface area contributed by atoms with Gasteiger partial charge in [0.15, 0.2) is 5.78 Å². The molecule has 11 amide bonds. The van der Waals surface area contributed by atoms with Gasteiger partial charge in [-0.05, 0) is 102 Å². The third-order valence-electron chi connectivity index (χ3n) is 21.2. The number of nitrogens with two attached hydrogens (primary N) is 2. The Bertz CT molecular complexity index is 3200. The molecule has 6 bridgehead atoms. The van der Waals surface area contributed by atoms with Crippen molar-refractivity contribution in [1.82, 2.24) is 99.7 Å². The number of hydrogen-bond acceptors (Lipinski definition) is 20. The lowest BCUT2D eigenvalue weighted by atomic mass is 10.0. The zero-order chi connectivity index (χ0) is 67.2. The number of amides is 11. The average molecular weight is 1330 g/mol. The molecule has 0 radical (unpaired) electrons. The van der Waals surface area contributed by atoms with Crippen LogP contribution in [0.4, 0.5) is 0 Å². The third kappa shape index (κ3) is 13.3. The first kappa shape index (κ1) is 65.8. The first-order valence-electron chi connectivity index (χ1n) is 34.2. The first-order chi connectivity index (χ1) is 46.3. The number of carbonyl (C=O) groups excluding carboxylic acids is 12. The van der Waals surface area contributed by atoms with E-state index in [0.717, 1.165) is 0 Å². The zero-order valence-electron chi connectivity index (χ0n) is 54.2. The van der Waals surface area contributed by atoms with Gasteiger partial charge in [-0.15, -0.1) is 15.3 Å². The number of Topliss-reactive ketones (excluding diaryl/α,β-unsaturated/α-hetero) is 1. The number of hydrogen-bond donors (Lipinski definition) is 4. The number of aromatic nitrogens is 9. The molecule has 6 N–H and O–H groups in total. The molecule has 516 valence electrons. The maximum absolute atomic E-state index is 14.6. The summed E-state index contributed by atoms with van der Waals surface area (Å²) in [6.07, 6.45) is 11.1. The molecule has 9 saturated heterocycles. The highest BCUT2D eigenvalue weighted by atomic mass is 16.2. The number of nitrogens with zero attached hydrogens (tertiary/aromatic N) is 18. The van der Waals surface area contributed by atoms with Crippen LogP contribution in [-0.2, 0) is 96.7 Å². The number of rotatable bonds is 0. The molecule has 13 rings (SSSR count). The highest BCUT2D eigenvalue weighted by Crippen LogP contribution is 2.34. The van der Waals surface area contributed by atoms with Crippen molar-refractivity contribution in [2.45, 2.75) is 215 Å². The van der Waals surface area contributed by atoms with Crippen molar-refractivity contribution < 1.29 is 57.5 Å². The van der Waals surface area contributed by atoms with Crippen LogP contribution in [0.2, 0.25) is 0 Å². The number of fused-ring (bicyclic) bond motifs is 15. The number of nitrogens with one attached hydrogen (secondary N) is 2. The van der Waals surface area contributed by atoms with Gasteiger partial charge in [0.2, 0.25) is 65.0 Å². The van der Waals surface area contributed by atoms with Gasteiger partial charge in [-0.2, -0.15) is 0 Å². The van der Waals surface area contributed by atoms with Crippen molar-refractivity contribution in [3.8, 4) is 0 Å². The Morgan fingerprint density at radius 1 is 0.365 bits per heavy atom. The molecular weight excluding hydrogens is 1240 g/mol. The van der Waals surface area contributed by atoms with Crippen LogP contribution in [-0.4, -0.2) is 285 Å². The number of carbonyl (C=O) groups is 12. The van der Waals surface area contributed by atoms with Gasteiger partial charge >= 0.3 is 0 Å². The number of aryl methyl sites for hydroxylation is 1. The molecule has 0 aliphatic carbocycles. The van der Waals surface area contributed by atoms with E-state index in [1.807, 2.05) is 6.92 Å². The second kappa shape index (κ2) is 27.7. The van der Waals surface area contributed by atoms with Gasteiger partial charge in [0.25, 0.3) is 0 Å². The zero-order valence-corrected chi connectivity index (χ0v) is 54.2. The summed E-state index contributed by atoms with van der Waals surface area (Å²) in [5.41, 5.74) is 13.9. The molecule has 10 aliphatic heterocycles. The molecular formula is C62H86N22O12. The van der Waals surface area contributed by atoms with Crippen LogP contribution in [0.15, 0.2) is 18.6 Å². The van der Waals surface area contributed by atoms with Crippen molar-refractivity contribution >= 4 is 70.8 Å². The lowest BCUT2D eigenvalue weighted by Crippen LogP contribution is -2.56. The fourth-order valence-electron chi connectivity index (χ4n) is 16.5. The summed E-state index contributed by atoms with van der Waals surface area (Å²) < 4.78 is 3.98. The van der Waals surface area contributed by atoms with Crippen molar-refractivity contribution in [2.24, 2.45) is 17.4 Å². The lowest BCUT2D eigenvalue weighted by molar-refractivity contribution is -0.150. The van der Waals surface area contributed by atoms with E-state index in [1.165, 1.54) is 60.7 Å². The van der Waals surface area contributed by atoms with Crippen molar-refractivity contribution in [3.63, 3.8) is 0 Å². The van der Waals surface area contributed by atoms with Gasteiger partial charge in [-0.25, -0.2) is 14.0 Å². The summed E-state index contributed by atoms with van der Waals surface area (Å²) in [5.74, 6) is -4.58. The molecule has 0 aromatic carbocycles. The Morgan fingerprint density at radius 2 is 0.677 bits per heavy atom. The van der Waals surface area contributed by atoms with Gasteiger partial charge in [-0.1, -0.05) is 22.6 Å². The van der Waals surface area contributed by atoms with Crippen LogP contribution in [0.1, 0.15) is 127 Å². The SMILES string of the molecule is C[C@@H]1C[C@H]2C(=O)N3CCC[C@H]3C(=O)N3CCC[C@H]3C(=O)NCc3cn(nn3)CC(=O)N3C[C@H](N)C[C@H]3C(=O)N3CCC[C@H]3C(=O)N3CCC[C@H]3C(=O)NCc3cn(nn3)CC(=O)N3C[C@H](N)C[C@H]3C(=O)N3CCC[C@H]3C(=O)N3CCC[C@H]3C(=O)CCc3cn(nn3)CC(=O)N2C1. The third-order valence-corrected chi connectivity index (χ3v) is 21.2. The molecule has 96 heavy (non-hydrogen) atoms. The molecule has 3 aromatic heterocycles. The molecule has 12 atom stereocenters. The summed E-state index contributed by atoms with van der Waals surface area (Å²) in [5, 5.41) is 30.8. The van der Waals surface area contributed by atoms with Crippen LogP contribution in [0.25, 0.3) is 0 Å². The molecule has 0 unspecified atom stereocenters. The summed E-state index contributed by atoms with van der Waals surface area (Å²) in [7, 11) is 0. The summed E-state index contributed by atoms with van der Waals surface area (Å²) in [4.78, 5) is 185. The predicted molar refractivity (Wildman–Crippen MR) is 331 cm³/mol. The van der Waals surface area contributed by atoms with Gasteiger partial charge < -0.3 is 66.2 Å². The van der Waals surface area contributed by atoms with Crippen LogP contribution in [0.3, 0.4) is 0 Å². The highest BCUT2D eigenvalue weighted by molar-refractivity contribution is 5.98. The van der Waals surface area contributed by atoms with Gasteiger partial charge in [0.05, 0.1) is 37.2 Å². The molecule has 10 aliphatic rings. The van der Waals surface area contributed by atoms with Gasteiger partial charge in [0, 0.05) is 90.0 Å². The Balaban J connectivity index is 0.704. The Kier molecular flexibility index (Phi) is 19.0. The normalized spacial score (nSPS) is 31.7. The summed E-state index contributed by atoms with van der Waals surface area (Å²) >= 11 is 0. The fourth-order valence-corrected chi connectivity index (χ4v) is 16.5. The van der Waals surface area contributed by atoms with E-state index >= 15 is 0 Å². The van der Waals surface area contributed by atoms with Gasteiger partial charge in [0.1, 0.15) is 79.4 Å². The second-order valence-corrected chi connectivity index (χ2v) is 27.8. The monoisotopic (exact) mass is 1330 g/mol. The minimum absolute atomic E-state index is 0.0258. The second-order valence-electron chi connectivity index (χ2n) is 27.8. The van der Waals surface area contributed by atoms with Crippen molar-refractivity contribution in [3.05, 3.63) is 35.7 Å². The Hall–Kier alpha value is -8.82. The lowest BCUT2D eigenvalue weighted by Gasteiger charge is -2.34. The molecule has 34 nitrogen and oxygen atoms in total.